The number of nitrogens with zero attached hydrogens (tertiary/aromatic N) is 3. The Morgan fingerprint density at radius 1 is 1.18 bits per heavy atom. The molecule has 2 amide bonds. The molecule has 0 spiro atoms. The molecule has 28 heavy (non-hydrogen) atoms. The molecule has 2 aromatic rings. The van der Waals surface area contributed by atoms with Crippen LogP contribution in [0.4, 0.5) is 0 Å². The molecule has 0 aliphatic carbocycles. The molecule has 2 heterocycles. The van der Waals surface area contributed by atoms with E-state index in [1.165, 1.54) is 0 Å². The van der Waals surface area contributed by atoms with Crippen LogP contribution in [0.5, 0.6) is 0 Å². The van der Waals surface area contributed by atoms with Crippen LogP contribution in [0.15, 0.2) is 36.5 Å². The van der Waals surface area contributed by atoms with E-state index in [0.29, 0.717) is 30.0 Å². The molecule has 148 valence electrons. The highest BCUT2D eigenvalue weighted by atomic mass is 16.2. The summed E-state index contributed by atoms with van der Waals surface area (Å²) in [5.74, 6) is 0.496. The maximum atomic E-state index is 12.8. The topological polar surface area (TPSA) is 87.2 Å². The fourth-order valence-corrected chi connectivity index (χ4v) is 3.66. The van der Waals surface area contributed by atoms with Gasteiger partial charge in [0.25, 0.3) is 5.91 Å². The van der Waals surface area contributed by atoms with Crippen molar-refractivity contribution in [3.8, 4) is 11.3 Å². The molecule has 1 aromatic heterocycles. The van der Waals surface area contributed by atoms with Gasteiger partial charge in [-0.2, -0.15) is 0 Å². The first kappa shape index (κ1) is 19.9. The van der Waals surface area contributed by atoms with Gasteiger partial charge in [0, 0.05) is 43.9 Å². The number of benzene rings is 1. The van der Waals surface area contributed by atoms with E-state index in [4.69, 9.17) is 0 Å². The van der Waals surface area contributed by atoms with Gasteiger partial charge < -0.3 is 10.6 Å². The quantitative estimate of drug-likeness (QED) is 0.796. The number of carbonyl (C=O) groups is 2. The van der Waals surface area contributed by atoms with Crippen molar-refractivity contribution < 1.29 is 9.59 Å². The predicted octanol–water partition coefficient (Wildman–Crippen LogP) is 1.78. The van der Waals surface area contributed by atoms with Gasteiger partial charge in [-0.1, -0.05) is 30.3 Å². The van der Waals surface area contributed by atoms with Crippen LogP contribution in [-0.4, -0.2) is 59.4 Å². The number of likely N-dealkylation sites (tertiary alicyclic amines) is 1. The number of amides is 2. The SMILES string of the molecule is CNC(=O)C[C@H]1CC[C@@H](CNC(=O)c2cnc(C)nc2-c2ccccc2)N1C. The Bertz CT molecular complexity index is 840. The minimum Gasteiger partial charge on any atom is -0.359 e. The van der Waals surface area contributed by atoms with Crippen LogP contribution in [0.3, 0.4) is 0 Å². The zero-order valence-electron chi connectivity index (χ0n) is 16.6. The molecular weight excluding hydrogens is 354 g/mol. The lowest BCUT2D eigenvalue weighted by Gasteiger charge is -2.25. The number of hydrogen-bond acceptors (Lipinski definition) is 5. The molecule has 1 aliphatic rings. The molecule has 1 aliphatic heterocycles. The van der Waals surface area contributed by atoms with Crippen LogP contribution in [0.25, 0.3) is 11.3 Å². The van der Waals surface area contributed by atoms with Crippen molar-refractivity contribution in [2.24, 2.45) is 0 Å². The van der Waals surface area contributed by atoms with Crippen molar-refractivity contribution >= 4 is 11.8 Å². The summed E-state index contributed by atoms with van der Waals surface area (Å²) in [5.41, 5.74) is 2.00. The standard InChI is InChI=1S/C21H27N5O2/c1-14-23-13-18(20(25-14)15-7-5-4-6-8-15)21(28)24-12-17-10-9-16(26(17)3)11-19(27)22-2/h4-8,13,16-17H,9-12H2,1-3H3,(H,22,27)(H,24,28)/t16-,17+/m1/s1. The van der Waals surface area contributed by atoms with Gasteiger partial charge in [0.05, 0.1) is 11.3 Å². The second kappa shape index (κ2) is 8.93. The lowest BCUT2D eigenvalue weighted by Crippen LogP contribution is -2.42. The molecule has 2 N–H and O–H groups in total. The minimum absolute atomic E-state index is 0.0471. The summed E-state index contributed by atoms with van der Waals surface area (Å²) in [6.45, 7) is 2.34. The van der Waals surface area contributed by atoms with Gasteiger partial charge in [-0.15, -0.1) is 0 Å². The highest BCUT2D eigenvalue weighted by Crippen LogP contribution is 2.25. The summed E-state index contributed by atoms with van der Waals surface area (Å²) in [4.78, 5) is 35.4. The predicted molar refractivity (Wildman–Crippen MR) is 108 cm³/mol. The Balaban J connectivity index is 1.67. The molecule has 7 heteroatoms. The average molecular weight is 381 g/mol. The first-order chi connectivity index (χ1) is 13.5. The number of hydrogen-bond donors (Lipinski definition) is 2. The van der Waals surface area contributed by atoms with Crippen molar-refractivity contribution in [2.75, 3.05) is 20.6 Å². The van der Waals surface area contributed by atoms with E-state index in [2.05, 4.69) is 25.5 Å². The number of carbonyl (C=O) groups excluding carboxylic acids is 2. The number of rotatable bonds is 6. The van der Waals surface area contributed by atoms with Crippen molar-refractivity contribution in [3.05, 3.63) is 47.9 Å². The van der Waals surface area contributed by atoms with Crippen molar-refractivity contribution in [2.45, 2.75) is 38.3 Å². The van der Waals surface area contributed by atoms with Crippen LogP contribution in [0.2, 0.25) is 0 Å². The number of aromatic nitrogens is 2. The van der Waals surface area contributed by atoms with Crippen molar-refractivity contribution in [1.29, 1.82) is 0 Å². The lowest BCUT2D eigenvalue weighted by atomic mass is 10.1. The van der Waals surface area contributed by atoms with Crippen LogP contribution in [-0.2, 0) is 4.79 Å². The molecule has 2 atom stereocenters. The third-order valence-electron chi connectivity index (χ3n) is 5.38. The van der Waals surface area contributed by atoms with E-state index in [1.807, 2.05) is 44.3 Å². The van der Waals surface area contributed by atoms with Crippen LogP contribution < -0.4 is 10.6 Å². The number of nitrogens with one attached hydrogen (secondary N) is 2. The second-order valence-electron chi connectivity index (χ2n) is 7.18. The molecule has 0 bridgehead atoms. The molecule has 3 rings (SSSR count). The Labute approximate surface area is 165 Å². The summed E-state index contributed by atoms with van der Waals surface area (Å²) in [6.07, 6.45) is 3.98. The lowest BCUT2D eigenvalue weighted by molar-refractivity contribution is -0.121. The molecule has 1 fully saturated rings. The van der Waals surface area contributed by atoms with Crippen LogP contribution in [0.1, 0.15) is 35.4 Å². The van der Waals surface area contributed by atoms with Gasteiger partial charge in [0.15, 0.2) is 0 Å². The summed E-state index contributed by atoms with van der Waals surface area (Å²) in [6, 6.07) is 10.1. The normalized spacial score (nSPS) is 19.4. The summed E-state index contributed by atoms with van der Waals surface area (Å²) in [5, 5.41) is 5.70. The fourth-order valence-electron chi connectivity index (χ4n) is 3.66. The van der Waals surface area contributed by atoms with Gasteiger partial charge in [-0.25, -0.2) is 9.97 Å². The van der Waals surface area contributed by atoms with E-state index in [1.54, 1.807) is 13.2 Å². The first-order valence-electron chi connectivity index (χ1n) is 9.59. The number of likely N-dealkylation sites (N-methyl/N-ethyl adjacent to an activating group) is 1. The zero-order chi connectivity index (χ0) is 20.1. The van der Waals surface area contributed by atoms with Crippen molar-refractivity contribution in [3.63, 3.8) is 0 Å². The molecule has 7 nitrogen and oxygen atoms in total. The van der Waals surface area contributed by atoms with E-state index in [-0.39, 0.29) is 23.9 Å². The summed E-state index contributed by atoms with van der Waals surface area (Å²) in [7, 11) is 3.67. The van der Waals surface area contributed by atoms with E-state index >= 15 is 0 Å². The van der Waals surface area contributed by atoms with E-state index in [0.717, 1.165) is 18.4 Å². The molecule has 0 unspecified atom stereocenters. The molecule has 1 saturated heterocycles. The Morgan fingerprint density at radius 2 is 1.89 bits per heavy atom. The van der Waals surface area contributed by atoms with Crippen LogP contribution >= 0.6 is 0 Å². The Hall–Kier alpha value is -2.80. The molecule has 1 aromatic carbocycles. The maximum absolute atomic E-state index is 12.8. The van der Waals surface area contributed by atoms with Gasteiger partial charge in [-0.05, 0) is 26.8 Å². The Kier molecular flexibility index (Phi) is 6.36. The monoisotopic (exact) mass is 381 g/mol. The average Bonchev–Trinajstić information content (AvgIpc) is 3.06. The van der Waals surface area contributed by atoms with Crippen LogP contribution in [0, 0.1) is 6.92 Å². The molecule has 0 radical (unpaired) electrons. The summed E-state index contributed by atoms with van der Waals surface area (Å²) < 4.78 is 0. The third kappa shape index (κ3) is 4.54. The zero-order valence-corrected chi connectivity index (χ0v) is 16.6. The van der Waals surface area contributed by atoms with Gasteiger partial charge >= 0.3 is 0 Å². The number of aryl methyl sites for hydroxylation is 1. The molecular formula is C21H27N5O2. The van der Waals surface area contributed by atoms with E-state index in [9.17, 15) is 9.59 Å². The first-order valence-corrected chi connectivity index (χ1v) is 9.59. The Morgan fingerprint density at radius 3 is 2.61 bits per heavy atom. The highest BCUT2D eigenvalue weighted by molar-refractivity contribution is 5.99. The molecule has 0 saturated carbocycles. The second-order valence-corrected chi connectivity index (χ2v) is 7.18. The summed E-state index contributed by atoms with van der Waals surface area (Å²) >= 11 is 0. The maximum Gasteiger partial charge on any atom is 0.255 e. The van der Waals surface area contributed by atoms with Gasteiger partial charge in [0.1, 0.15) is 5.82 Å². The van der Waals surface area contributed by atoms with Gasteiger partial charge in [-0.3, -0.25) is 14.5 Å². The smallest absolute Gasteiger partial charge is 0.255 e. The third-order valence-corrected chi connectivity index (χ3v) is 5.38. The minimum atomic E-state index is -0.179. The van der Waals surface area contributed by atoms with Crippen molar-refractivity contribution in [1.82, 2.24) is 25.5 Å². The van der Waals surface area contributed by atoms with Gasteiger partial charge in [0.2, 0.25) is 5.91 Å². The largest absolute Gasteiger partial charge is 0.359 e. The van der Waals surface area contributed by atoms with E-state index < -0.39 is 0 Å². The highest BCUT2D eigenvalue weighted by Gasteiger charge is 2.31. The fraction of sp³-hybridized carbons (Fsp3) is 0.429.